The molecule has 4 nitrogen and oxygen atoms in total. The Morgan fingerprint density at radius 2 is 1.00 bits per heavy atom. The minimum absolute atomic E-state index is 0. The van der Waals surface area contributed by atoms with Gasteiger partial charge in [-0.25, -0.2) is 4.57 Å². The van der Waals surface area contributed by atoms with Crippen LogP contribution in [-0.4, -0.2) is 44.2 Å². The second-order valence-electron chi connectivity index (χ2n) is 0.513. The van der Waals surface area contributed by atoms with E-state index >= 15 is 0 Å². The molecule has 0 bridgehead atoms. The second kappa shape index (κ2) is 14.0. The Balaban J connectivity index is -0.0000000133. The Morgan fingerprint density at radius 3 is 1.00 bits per heavy atom. The summed E-state index contributed by atoms with van der Waals surface area (Å²) in [5.74, 6) is 0. The summed E-state index contributed by atoms with van der Waals surface area (Å²) in [4.78, 5) is 21.6. The maximum absolute atomic E-state index is 8.88. The molecule has 0 aromatic carbocycles. The molecule has 2 radical (unpaired) electrons. The molecule has 9 heteroatoms. The fourth-order valence-electron chi connectivity index (χ4n) is 0. The molecule has 0 unspecified atom stereocenters. The topological polar surface area (TPSA) is 77.8 Å². The fourth-order valence-corrected chi connectivity index (χ4v) is 0. The zero-order valence-corrected chi connectivity index (χ0v) is 9.62. The summed E-state index contributed by atoms with van der Waals surface area (Å²) in [5, 5.41) is 0. The molecule has 0 spiro atoms. The van der Waals surface area contributed by atoms with Gasteiger partial charge in [0.05, 0.1) is 0 Å². The van der Waals surface area contributed by atoms with Crippen LogP contribution in [0.2, 0.25) is 0 Å². The van der Waals surface area contributed by atoms with Crippen LogP contribution < -0.4 is 0 Å². The molecule has 0 aliphatic rings. The molecule has 0 heterocycles. The quantitative estimate of drug-likeness (QED) is 0.321. The molecular formula is H4Ag2NaO4PZr. The van der Waals surface area contributed by atoms with Gasteiger partial charge in [-0.05, 0) is 0 Å². The van der Waals surface area contributed by atoms with E-state index in [2.05, 4.69) is 0 Å². The third kappa shape index (κ3) is 85.3. The summed E-state index contributed by atoms with van der Waals surface area (Å²) in [6.45, 7) is 0. The van der Waals surface area contributed by atoms with E-state index < -0.39 is 7.82 Å². The van der Waals surface area contributed by atoms with Crippen molar-refractivity contribution in [1.29, 1.82) is 0 Å². The van der Waals surface area contributed by atoms with Gasteiger partial charge in [-0.3, -0.25) is 0 Å². The Labute approximate surface area is 125 Å². The molecule has 0 saturated heterocycles. The molecular weight excluding hydrogens is 425 g/mol. The molecule has 60 valence electrons. The first-order chi connectivity index (χ1) is 2.00. The molecule has 3 N–H and O–H groups in total. The fraction of sp³-hybridized carbons (Fsp3) is 0. The predicted molar refractivity (Wildman–Crippen MR) is 21.4 cm³/mol. The standard InChI is InChI=1S/2Ag.Na.H3O4P.Zr.H/c;;;1-5(2,3)4;;/h;;;(H3,1,2,3,4);;. The summed E-state index contributed by atoms with van der Waals surface area (Å²) in [5.41, 5.74) is 0. The summed E-state index contributed by atoms with van der Waals surface area (Å²) in [6.07, 6.45) is 0. The van der Waals surface area contributed by atoms with E-state index in [1.807, 2.05) is 0 Å². The third-order valence-corrected chi connectivity index (χ3v) is 0. The average Bonchev–Trinajstić information content (AvgIpc) is 0.722. The molecule has 0 aliphatic heterocycles. The van der Waals surface area contributed by atoms with E-state index in [-0.39, 0.29) is 101 Å². The maximum atomic E-state index is 8.88. The number of hydrogen-bond donors (Lipinski definition) is 3. The van der Waals surface area contributed by atoms with Crippen LogP contribution in [0.4, 0.5) is 0 Å². The van der Waals surface area contributed by atoms with Crippen molar-refractivity contribution in [2.24, 2.45) is 0 Å². The Hall–Kier alpha value is 3.47. The van der Waals surface area contributed by atoms with Gasteiger partial charge in [0, 0.05) is 71.0 Å². The van der Waals surface area contributed by atoms with Gasteiger partial charge in [-0.1, -0.05) is 0 Å². The van der Waals surface area contributed by atoms with Gasteiger partial charge in [-0.2, -0.15) is 0 Å². The molecule has 0 aromatic rings. The van der Waals surface area contributed by atoms with Crippen molar-refractivity contribution in [3.63, 3.8) is 0 Å². The van der Waals surface area contributed by atoms with Gasteiger partial charge in [0.15, 0.2) is 0 Å². The third-order valence-electron chi connectivity index (χ3n) is 0. The molecule has 0 aliphatic carbocycles. The first kappa shape index (κ1) is 29.4. The monoisotopic (exact) mass is 426 g/mol. The molecule has 0 amide bonds. The van der Waals surface area contributed by atoms with Crippen molar-refractivity contribution in [3.8, 4) is 0 Å². The van der Waals surface area contributed by atoms with Crippen LogP contribution in [0.5, 0.6) is 0 Å². The van der Waals surface area contributed by atoms with Crippen molar-refractivity contribution in [1.82, 2.24) is 0 Å². The van der Waals surface area contributed by atoms with Crippen LogP contribution in [0, 0.1) is 0 Å². The smallest absolute Gasteiger partial charge is 0 e. The van der Waals surface area contributed by atoms with Crippen LogP contribution in [0.15, 0.2) is 0 Å². The number of phosphoric acid groups is 1. The van der Waals surface area contributed by atoms with Gasteiger partial charge < -0.3 is 14.7 Å². The van der Waals surface area contributed by atoms with E-state index in [1.165, 1.54) is 0 Å². The maximum Gasteiger partial charge on any atom is 0 e. The van der Waals surface area contributed by atoms with Crippen LogP contribution >= 0.6 is 7.82 Å². The summed E-state index contributed by atoms with van der Waals surface area (Å²) >= 11 is 0. The summed E-state index contributed by atoms with van der Waals surface area (Å²) in [6, 6.07) is 0. The largest absolute Gasteiger partial charge is 0 e. The first-order valence-corrected chi connectivity index (χ1v) is 2.35. The van der Waals surface area contributed by atoms with E-state index in [1.54, 1.807) is 0 Å². The minimum Gasteiger partial charge on any atom is 0 e. The van der Waals surface area contributed by atoms with Crippen LogP contribution in [-0.2, 0) is 75.5 Å². The zero-order chi connectivity index (χ0) is 4.50. The molecule has 0 rings (SSSR count). The summed E-state index contributed by atoms with van der Waals surface area (Å²) < 4.78 is 8.88. The van der Waals surface area contributed by atoms with Gasteiger partial charge in [0.25, 0.3) is 0 Å². The minimum atomic E-state index is -4.64. The Morgan fingerprint density at radius 1 is 1.00 bits per heavy atom. The zero-order valence-electron chi connectivity index (χ0n) is 3.30. The first-order valence-electron chi connectivity index (χ1n) is 0.783. The van der Waals surface area contributed by atoms with Gasteiger partial charge >= 0.3 is 37.4 Å². The van der Waals surface area contributed by atoms with Crippen molar-refractivity contribution in [2.45, 2.75) is 0 Å². The molecule has 0 fully saturated rings. The van der Waals surface area contributed by atoms with Crippen LogP contribution in [0.25, 0.3) is 0 Å². The van der Waals surface area contributed by atoms with Crippen LogP contribution in [0.1, 0.15) is 0 Å². The van der Waals surface area contributed by atoms with E-state index in [0.717, 1.165) is 0 Å². The molecule has 0 aromatic heterocycles. The molecule has 9 heavy (non-hydrogen) atoms. The Kier molecular flexibility index (Phi) is 45.8. The average molecular weight is 429 g/mol. The number of rotatable bonds is 0. The second-order valence-corrected chi connectivity index (χ2v) is 1.54. The van der Waals surface area contributed by atoms with Gasteiger partial charge in [0.1, 0.15) is 0 Å². The molecule has 0 atom stereocenters. The normalized spacial score (nSPS) is 6.56. The number of hydrogen-bond acceptors (Lipinski definition) is 1. The van der Waals surface area contributed by atoms with Crippen molar-refractivity contribution >= 4 is 37.4 Å². The van der Waals surface area contributed by atoms with E-state index in [9.17, 15) is 0 Å². The van der Waals surface area contributed by atoms with Gasteiger partial charge in [-0.15, -0.1) is 0 Å². The van der Waals surface area contributed by atoms with Crippen LogP contribution in [0.3, 0.4) is 0 Å². The van der Waals surface area contributed by atoms with Crippen molar-refractivity contribution in [3.05, 3.63) is 0 Å². The van der Waals surface area contributed by atoms with E-state index in [4.69, 9.17) is 19.2 Å². The molecule has 0 saturated carbocycles. The predicted octanol–water partition coefficient (Wildman–Crippen LogP) is -1.58. The van der Waals surface area contributed by atoms with E-state index in [0.29, 0.717) is 0 Å². The Bertz CT molecular complexity index is 64.7. The van der Waals surface area contributed by atoms with Crippen molar-refractivity contribution < 1.29 is 90.2 Å². The summed E-state index contributed by atoms with van der Waals surface area (Å²) in [7, 11) is -4.64. The van der Waals surface area contributed by atoms with Gasteiger partial charge in [0.2, 0.25) is 0 Å². The SMILES string of the molecule is O=P(O)(O)O.[Ag].[Ag].[NaH].[Zr]. The van der Waals surface area contributed by atoms with Crippen molar-refractivity contribution in [2.75, 3.05) is 0 Å².